The fourth-order valence-corrected chi connectivity index (χ4v) is 2.35. The number of fused-ring (bicyclic) bond motifs is 1. The molecule has 1 aromatic heterocycles. The number of hydrogen-bond donors (Lipinski definition) is 1. The molecule has 1 aliphatic carbocycles. The maximum absolute atomic E-state index is 11.9. The van der Waals surface area contributed by atoms with Crippen molar-refractivity contribution in [2.45, 2.75) is 64.6 Å². The highest BCUT2D eigenvalue weighted by molar-refractivity contribution is 5.75. The Morgan fingerprint density at radius 1 is 1.47 bits per heavy atom. The van der Waals surface area contributed by atoms with E-state index in [2.05, 4.69) is 4.98 Å². The fraction of sp³-hybridized carbons (Fsp3) is 0.714. The minimum atomic E-state index is -0.639. The minimum Gasteiger partial charge on any atom is -0.459 e. The summed E-state index contributed by atoms with van der Waals surface area (Å²) < 4.78 is 7.30. The molecule has 1 heterocycles. The first-order chi connectivity index (χ1) is 8.87. The van der Waals surface area contributed by atoms with Crippen LogP contribution >= 0.6 is 0 Å². The number of ether oxygens (including phenoxy) is 1. The van der Waals surface area contributed by atoms with Crippen molar-refractivity contribution < 1.29 is 9.53 Å². The van der Waals surface area contributed by atoms with Crippen LogP contribution in [0.15, 0.2) is 6.33 Å². The van der Waals surface area contributed by atoms with Gasteiger partial charge in [-0.3, -0.25) is 4.79 Å². The van der Waals surface area contributed by atoms with Crippen LogP contribution < -0.4 is 5.73 Å². The topological polar surface area (TPSA) is 70.1 Å². The Hall–Kier alpha value is -1.36. The maximum atomic E-state index is 11.9. The van der Waals surface area contributed by atoms with E-state index in [-0.39, 0.29) is 5.97 Å². The smallest absolute Gasteiger partial charge is 0.325 e. The Bertz CT molecular complexity index is 460. The Morgan fingerprint density at radius 3 is 2.84 bits per heavy atom. The molecule has 0 spiro atoms. The van der Waals surface area contributed by atoms with Gasteiger partial charge in [-0.1, -0.05) is 0 Å². The van der Waals surface area contributed by atoms with Crippen molar-refractivity contribution >= 4 is 5.97 Å². The summed E-state index contributed by atoms with van der Waals surface area (Å²) in [5.74, 6) is -0.356. The molecule has 0 bridgehead atoms. The first kappa shape index (κ1) is 14.1. The van der Waals surface area contributed by atoms with Gasteiger partial charge in [0, 0.05) is 12.2 Å². The van der Waals surface area contributed by atoms with Crippen LogP contribution in [0, 0.1) is 0 Å². The highest BCUT2D eigenvalue weighted by Gasteiger charge is 2.24. The van der Waals surface area contributed by atoms with Crippen LogP contribution in [-0.4, -0.2) is 27.2 Å². The zero-order valence-corrected chi connectivity index (χ0v) is 12.0. The van der Waals surface area contributed by atoms with Crippen molar-refractivity contribution in [1.29, 1.82) is 0 Å². The van der Waals surface area contributed by atoms with Crippen LogP contribution in [0.4, 0.5) is 0 Å². The molecule has 1 aliphatic rings. The second-order valence-electron chi connectivity index (χ2n) is 6.14. The molecule has 0 saturated carbocycles. The largest absolute Gasteiger partial charge is 0.459 e. The van der Waals surface area contributed by atoms with Crippen molar-refractivity contribution in [2.24, 2.45) is 5.73 Å². The summed E-state index contributed by atoms with van der Waals surface area (Å²) in [5.41, 5.74) is 7.81. The summed E-state index contributed by atoms with van der Waals surface area (Å²) in [6.45, 7) is 5.97. The number of carbonyl (C=O) groups excluding carboxylic acids is 1. The summed E-state index contributed by atoms with van der Waals surface area (Å²) in [7, 11) is 0. The molecule has 5 nitrogen and oxygen atoms in total. The third-order valence-electron chi connectivity index (χ3n) is 3.21. The standard InChI is InChI=1S/C14H23N3O2/c1-14(2,3)19-13(18)10(15)8-17-9-16-11-6-4-5-7-12(11)17/h9-10H,4-8,15H2,1-3H3. The van der Waals surface area contributed by atoms with E-state index in [1.807, 2.05) is 25.3 Å². The molecule has 0 saturated heterocycles. The highest BCUT2D eigenvalue weighted by atomic mass is 16.6. The third-order valence-corrected chi connectivity index (χ3v) is 3.21. The summed E-state index contributed by atoms with van der Waals surface area (Å²) in [4.78, 5) is 16.3. The predicted octanol–water partition coefficient (Wildman–Crippen LogP) is 1.43. The summed E-state index contributed by atoms with van der Waals surface area (Å²) in [5, 5.41) is 0. The third kappa shape index (κ3) is 3.56. The second-order valence-corrected chi connectivity index (χ2v) is 6.14. The minimum absolute atomic E-state index is 0.356. The van der Waals surface area contributed by atoms with Crippen LogP contribution in [0.5, 0.6) is 0 Å². The Labute approximate surface area is 114 Å². The molecule has 5 heteroatoms. The van der Waals surface area contributed by atoms with Crippen molar-refractivity contribution in [3.63, 3.8) is 0 Å². The lowest BCUT2D eigenvalue weighted by atomic mass is 10.0. The molecule has 0 aromatic carbocycles. The Balaban J connectivity index is 2.01. The van der Waals surface area contributed by atoms with Gasteiger partial charge >= 0.3 is 5.97 Å². The zero-order chi connectivity index (χ0) is 14.0. The van der Waals surface area contributed by atoms with Crippen molar-refractivity contribution in [2.75, 3.05) is 0 Å². The molecular weight excluding hydrogens is 242 g/mol. The van der Waals surface area contributed by atoms with Crippen LogP contribution in [0.3, 0.4) is 0 Å². The average molecular weight is 265 g/mol. The summed E-state index contributed by atoms with van der Waals surface area (Å²) in [6, 6.07) is -0.639. The monoisotopic (exact) mass is 265 g/mol. The normalized spacial score (nSPS) is 16.8. The van der Waals surface area contributed by atoms with E-state index in [1.54, 1.807) is 6.33 Å². The van der Waals surface area contributed by atoms with Crippen LogP contribution in [0.1, 0.15) is 45.0 Å². The molecule has 1 unspecified atom stereocenters. The van der Waals surface area contributed by atoms with E-state index in [1.165, 1.54) is 18.5 Å². The average Bonchev–Trinajstić information content (AvgIpc) is 2.70. The highest BCUT2D eigenvalue weighted by Crippen LogP contribution is 2.20. The number of imidazole rings is 1. The molecule has 2 rings (SSSR count). The maximum Gasteiger partial charge on any atom is 0.325 e. The molecule has 0 fully saturated rings. The SMILES string of the molecule is CC(C)(C)OC(=O)C(N)Cn1cnc2c1CCCC2. The number of nitrogens with zero attached hydrogens (tertiary/aromatic N) is 2. The number of carbonyl (C=O) groups is 1. The number of esters is 1. The van der Waals surface area contributed by atoms with E-state index in [9.17, 15) is 4.79 Å². The summed E-state index contributed by atoms with van der Waals surface area (Å²) >= 11 is 0. The van der Waals surface area contributed by atoms with E-state index < -0.39 is 11.6 Å². The lowest BCUT2D eigenvalue weighted by molar-refractivity contribution is -0.156. The predicted molar refractivity (Wildman–Crippen MR) is 72.7 cm³/mol. The molecular formula is C14H23N3O2. The molecule has 19 heavy (non-hydrogen) atoms. The quantitative estimate of drug-likeness (QED) is 0.839. The molecule has 1 atom stereocenters. The van der Waals surface area contributed by atoms with E-state index in [0.29, 0.717) is 6.54 Å². The van der Waals surface area contributed by atoms with Gasteiger partial charge in [-0.05, 0) is 46.5 Å². The number of aryl methyl sites for hydroxylation is 1. The van der Waals surface area contributed by atoms with Gasteiger partial charge in [-0.15, -0.1) is 0 Å². The first-order valence-electron chi connectivity index (χ1n) is 6.88. The molecule has 0 amide bonds. The molecule has 0 aliphatic heterocycles. The van der Waals surface area contributed by atoms with Gasteiger partial charge in [-0.25, -0.2) is 4.98 Å². The van der Waals surface area contributed by atoms with Gasteiger partial charge in [0.15, 0.2) is 0 Å². The van der Waals surface area contributed by atoms with Gasteiger partial charge in [0.2, 0.25) is 0 Å². The zero-order valence-electron chi connectivity index (χ0n) is 12.0. The number of hydrogen-bond acceptors (Lipinski definition) is 4. The lowest BCUT2D eigenvalue weighted by Crippen LogP contribution is -2.40. The Morgan fingerprint density at radius 2 is 2.16 bits per heavy atom. The van der Waals surface area contributed by atoms with E-state index >= 15 is 0 Å². The number of rotatable bonds is 3. The van der Waals surface area contributed by atoms with Gasteiger partial charge in [-0.2, -0.15) is 0 Å². The van der Waals surface area contributed by atoms with Crippen LogP contribution in [0.2, 0.25) is 0 Å². The van der Waals surface area contributed by atoms with Gasteiger partial charge in [0.25, 0.3) is 0 Å². The van der Waals surface area contributed by atoms with Gasteiger partial charge < -0.3 is 15.0 Å². The van der Waals surface area contributed by atoms with Crippen molar-refractivity contribution in [3.05, 3.63) is 17.7 Å². The number of nitrogens with two attached hydrogens (primary N) is 1. The van der Waals surface area contributed by atoms with E-state index in [0.717, 1.165) is 18.5 Å². The van der Waals surface area contributed by atoms with Crippen molar-refractivity contribution in [3.8, 4) is 0 Å². The van der Waals surface area contributed by atoms with Crippen molar-refractivity contribution in [1.82, 2.24) is 9.55 Å². The van der Waals surface area contributed by atoms with Crippen LogP contribution in [-0.2, 0) is 28.9 Å². The lowest BCUT2D eigenvalue weighted by Gasteiger charge is -2.23. The first-order valence-corrected chi connectivity index (χ1v) is 6.88. The second kappa shape index (κ2) is 5.33. The van der Waals surface area contributed by atoms with Crippen LogP contribution in [0.25, 0.3) is 0 Å². The molecule has 106 valence electrons. The molecule has 0 radical (unpaired) electrons. The summed E-state index contributed by atoms with van der Waals surface area (Å²) in [6.07, 6.45) is 6.23. The molecule has 1 aromatic rings. The van der Waals surface area contributed by atoms with Gasteiger partial charge in [0.1, 0.15) is 11.6 Å². The molecule has 2 N–H and O–H groups in total. The van der Waals surface area contributed by atoms with Gasteiger partial charge in [0.05, 0.1) is 12.0 Å². The number of aromatic nitrogens is 2. The van der Waals surface area contributed by atoms with E-state index in [4.69, 9.17) is 10.5 Å². The Kier molecular flexibility index (Phi) is 3.94. The fourth-order valence-electron chi connectivity index (χ4n) is 2.35.